The first-order valence-electron chi connectivity index (χ1n) is 6.80. The Bertz CT molecular complexity index is 893. The van der Waals surface area contributed by atoms with Gasteiger partial charge in [0.1, 0.15) is 5.75 Å². The smallest absolute Gasteiger partial charge is 0.416 e. The van der Waals surface area contributed by atoms with E-state index in [1.165, 1.54) is 16.7 Å². The lowest BCUT2D eigenvalue weighted by molar-refractivity contribution is -0.137. The minimum atomic E-state index is -4.44. The maximum atomic E-state index is 12.6. The monoisotopic (exact) mass is 319 g/mol. The van der Waals surface area contributed by atoms with E-state index >= 15 is 0 Å². The molecule has 1 aromatic heterocycles. The minimum absolute atomic E-state index is 0.0802. The van der Waals surface area contributed by atoms with Crippen molar-refractivity contribution in [2.24, 2.45) is 0 Å². The average molecular weight is 319 g/mol. The summed E-state index contributed by atoms with van der Waals surface area (Å²) in [7, 11) is 0. The van der Waals surface area contributed by atoms with Gasteiger partial charge in [0, 0.05) is 16.6 Å². The molecule has 0 aliphatic heterocycles. The van der Waals surface area contributed by atoms with E-state index in [2.05, 4.69) is 0 Å². The van der Waals surface area contributed by atoms with Gasteiger partial charge in [-0.05, 0) is 55.5 Å². The third-order valence-corrected chi connectivity index (χ3v) is 3.63. The zero-order valence-corrected chi connectivity index (χ0v) is 12.1. The number of fused-ring (bicyclic) bond motifs is 1. The van der Waals surface area contributed by atoms with Crippen LogP contribution in [-0.4, -0.2) is 15.6 Å². The first-order valence-corrected chi connectivity index (χ1v) is 6.80. The van der Waals surface area contributed by atoms with Crippen LogP contribution in [0.1, 0.15) is 21.6 Å². The number of hydrogen-bond acceptors (Lipinski definition) is 2. The molecular formula is C17H12F3NO2. The summed E-state index contributed by atoms with van der Waals surface area (Å²) in [5.74, 6) is -0.339. The van der Waals surface area contributed by atoms with Crippen molar-refractivity contribution >= 4 is 16.8 Å². The second-order valence-corrected chi connectivity index (χ2v) is 5.24. The summed E-state index contributed by atoms with van der Waals surface area (Å²) in [5.41, 5.74) is 0.584. The fraction of sp³-hybridized carbons (Fsp3) is 0.118. The lowest BCUT2D eigenvalue weighted by Gasteiger charge is -2.09. The van der Waals surface area contributed by atoms with Gasteiger partial charge in [-0.25, -0.2) is 0 Å². The van der Waals surface area contributed by atoms with Crippen molar-refractivity contribution in [1.29, 1.82) is 0 Å². The molecule has 0 amide bonds. The second-order valence-electron chi connectivity index (χ2n) is 5.24. The Morgan fingerprint density at radius 2 is 1.70 bits per heavy atom. The van der Waals surface area contributed by atoms with Gasteiger partial charge in [0.2, 0.25) is 0 Å². The van der Waals surface area contributed by atoms with Gasteiger partial charge in [0.25, 0.3) is 5.91 Å². The van der Waals surface area contributed by atoms with Crippen LogP contribution >= 0.6 is 0 Å². The summed E-state index contributed by atoms with van der Waals surface area (Å²) >= 11 is 0. The summed E-state index contributed by atoms with van der Waals surface area (Å²) in [6.07, 6.45) is -4.44. The number of carbonyl (C=O) groups is 1. The molecule has 0 spiro atoms. The SMILES string of the molecule is Cc1cc2cc(O)ccc2n1C(=O)c1ccc(C(F)(F)F)cc1. The molecule has 3 aromatic rings. The number of hydrogen-bond donors (Lipinski definition) is 1. The topological polar surface area (TPSA) is 42.2 Å². The Morgan fingerprint density at radius 1 is 1.04 bits per heavy atom. The van der Waals surface area contributed by atoms with Crippen LogP contribution in [0.25, 0.3) is 10.9 Å². The van der Waals surface area contributed by atoms with E-state index in [-0.39, 0.29) is 11.3 Å². The molecule has 0 atom stereocenters. The Labute approximate surface area is 129 Å². The van der Waals surface area contributed by atoms with E-state index in [9.17, 15) is 23.1 Å². The summed E-state index contributed by atoms with van der Waals surface area (Å²) < 4.78 is 39.2. The average Bonchev–Trinajstić information content (AvgIpc) is 2.80. The molecular weight excluding hydrogens is 307 g/mol. The van der Waals surface area contributed by atoms with Crippen molar-refractivity contribution in [2.45, 2.75) is 13.1 Å². The van der Waals surface area contributed by atoms with E-state index in [4.69, 9.17) is 0 Å². The molecule has 6 heteroatoms. The summed E-state index contributed by atoms with van der Waals surface area (Å²) in [6.45, 7) is 1.72. The van der Waals surface area contributed by atoms with Crippen molar-refractivity contribution in [2.75, 3.05) is 0 Å². The van der Waals surface area contributed by atoms with Crippen molar-refractivity contribution in [3.63, 3.8) is 0 Å². The summed E-state index contributed by atoms with van der Waals surface area (Å²) in [6, 6.07) is 10.4. The highest BCUT2D eigenvalue weighted by Crippen LogP contribution is 2.30. The molecule has 0 unspecified atom stereocenters. The standard InChI is InChI=1S/C17H12F3NO2/c1-10-8-12-9-14(22)6-7-15(12)21(10)16(23)11-2-4-13(5-3-11)17(18,19)20/h2-9,22H,1H3. The molecule has 0 saturated heterocycles. The number of halogens is 3. The van der Waals surface area contributed by atoms with Crippen LogP contribution < -0.4 is 0 Å². The largest absolute Gasteiger partial charge is 0.508 e. The van der Waals surface area contributed by atoms with Gasteiger partial charge in [-0.3, -0.25) is 9.36 Å². The Kier molecular flexibility index (Phi) is 3.39. The number of benzene rings is 2. The van der Waals surface area contributed by atoms with Crippen LogP contribution in [0.2, 0.25) is 0 Å². The predicted molar refractivity (Wildman–Crippen MR) is 79.5 cm³/mol. The first-order chi connectivity index (χ1) is 10.8. The molecule has 1 heterocycles. The van der Waals surface area contributed by atoms with Crippen LogP contribution in [0.3, 0.4) is 0 Å². The van der Waals surface area contributed by atoms with E-state index in [1.54, 1.807) is 19.1 Å². The maximum absolute atomic E-state index is 12.6. The molecule has 3 rings (SSSR count). The highest BCUT2D eigenvalue weighted by Gasteiger charge is 2.30. The maximum Gasteiger partial charge on any atom is 0.416 e. The first kappa shape index (κ1) is 15.1. The Morgan fingerprint density at radius 3 is 2.30 bits per heavy atom. The molecule has 23 heavy (non-hydrogen) atoms. The van der Waals surface area contributed by atoms with Crippen molar-refractivity contribution in [3.05, 3.63) is 65.4 Å². The normalized spacial score (nSPS) is 11.8. The number of aromatic nitrogens is 1. The highest BCUT2D eigenvalue weighted by atomic mass is 19.4. The molecule has 0 fully saturated rings. The Balaban J connectivity index is 2.05. The van der Waals surface area contributed by atoms with E-state index in [0.717, 1.165) is 24.3 Å². The quantitative estimate of drug-likeness (QED) is 0.724. The molecule has 0 aliphatic rings. The second kappa shape index (κ2) is 5.15. The van der Waals surface area contributed by atoms with Crippen LogP contribution in [0, 0.1) is 6.92 Å². The van der Waals surface area contributed by atoms with Gasteiger partial charge in [-0.15, -0.1) is 0 Å². The number of nitrogens with zero attached hydrogens (tertiary/aromatic N) is 1. The zero-order chi connectivity index (χ0) is 16.8. The number of alkyl halides is 3. The number of phenolic OH excluding ortho intramolecular Hbond substituents is 1. The molecule has 3 nitrogen and oxygen atoms in total. The van der Waals surface area contributed by atoms with E-state index in [0.29, 0.717) is 16.6 Å². The third-order valence-electron chi connectivity index (χ3n) is 3.63. The molecule has 0 saturated carbocycles. The fourth-order valence-corrected chi connectivity index (χ4v) is 2.54. The fourth-order valence-electron chi connectivity index (χ4n) is 2.54. The minimum Gasteiger partial charge on any atom is -0.508 e. The highest BCUT2D eigenvalue weighted by molar-refractivity contribution is 6.03. The molecule has 0 aliphatic carbocycles. The Hall–Kier alpha value is -2.76. The lowest BCUT2D eigenvalue weighted by atomic mass is 10.1. The number of phenols is 1. The zero-order valence-electron chi connectivity index (χ0n) is 12.1. The van der Waals surface area contributed by atoms with Crippen molar-refractivity contribution in [3.8, 4) is 5.75 Å². The van der Waals surface area contributed by atoms with Crippen molar-refractivity contribution in [1.82, 2.24) is 4.57 Å². The van der Waals surface area contributed by atoms with Gasteiger partial charge in [-0.1, -0.05) is 0 Å². The van der Waals surface area contributed by atoms with Crippen LogP contribution in [0.4, 0.5) is 13.2 Å². The summed E-state index contributed by atoms with van der Waals surface area (Å²) in [4.78, 5) is 12.6. The lowest BCUT2D eigenvalue weighted by Crippen LogP contribution is -2.14. The molecule has 2 aromatic carbocycles. The van der Waals surface area contributed by atoms with Gasteiger partial charge < -0.3 is 5.11 Å². The number of aryl methyl sites for hydroxylation is 1. The van der Waals surface area contributed by atoms with Gasteiger partial charge in [0.05, 0.1) is 11.1 Å². The molecule has 0 bridgehead atoms. The van der Waals surface area contributed by atoms with Crippen LogP contribution in [0.15, 0.2) is 48.5 Å². The van der Waals surface area contributed by atoms with Crippen LogP contribution in [-0.2, 0) is 6.18 Å². The molecule has 118 valence electrons. The number of rotatable bonds is 1. The van der Waals surface area contributed by atoms with Crippen molar-refractivity contribution < 1.29 is 23.1 Å². The van der Waals surface area contributed by atoms with Gasteiger partial charge >= 0.3 is 6.18 Å². The predicted octanol–water partition coefficient (Wildman–Crippen LogP) is 4.36. The van der Waals surface area contributed by atoms with E-state index in [1.807, 2.05) is 0 Å². The molecule has 1 N–H and O–H groups in total. The number of carbonyl (C=O) groups excluding carboxylic acids is 1. The summed E-state index contributed by atoms with van der Waals surface area (Å²) in [5, 5.41) is 10.2. The molecule has 0 radical (unpaired) electrons. The number of aromatic hydroxyl groups is 1. The van der Waals surface area contributed by atoms with Gasteiger partial charge in [0.15, 0.2) is 0 Å². The third kappa shape index (κ3) is 2.67. The van der Waals surface area contributed by atoms with Gasteiger partial charge in [-0.2, -0.15) is 13.2 Å². The van der Waals surface area contributed by atoms with E-state index < -0.39 is 17.6 Å². The van der Waals surface area contributed by atoms with Crippen LogP contribution in [0.5, 0.6) is 5.75 Å².